The number of amides is 1. The number of aryl methyl sites for hydroxylation is 1. The molecule has 3 heterocycles. The molecule has 0 radical (unpaired) electrons. The fraction of sp³-hybridized carbons (Fsp3) is 0.375. The Labute approximate surface area is 133 Å². The summed E-state index contributed by atoms with van der Waals surface area (Å²) >= 11 is 0. The van der Waals surface area contributed by atoms with Gasteiger partial charge in [-0.1, -0.05) is 0 Å². The van der Waals surface area contributed by atoms with Crippen LogP contribution in [0, 0.1) is 6.92 Å². The molecule has 0 bridgehead atoms. The zero-order valence-corrected chi connectivity index (χ0v) is 12.9. The molecule has 1 fully saturated rings. The number of hydrogen-bond acceptors (Lipinski definition) is 5. The van der Waals surface area contributed by atoms with Gasteiger partial charge in [-0.05, 0) is 31.9 Å². The smallest absolute Gasteiger partial charge is 0.255 e. The van der Waals surface area contributed by atoms with Gasteiger partial charge in [0.2, 0.25) is 11.4 Å². The Balaban J connectivity index is 1.65. The molecule has 7 heteroatoms. The molecule has 2 aromatic heterocycles. The fourth-order valence-corrected chi connectivity index (χ4v) is 2.57. The van der Waals surface area contributed by atoms with Crippen molar-refractivity contribution in [1.29, 1.82) is 0 Å². The molecule has 23 heavy (non-hydrogen) atoms. The van der Waals surface area contributed by atoms with Gasteiger partial charge in [0.25, 0.3) is 5.91 Å². The summed E-state index contributed by atoms with van der Waals surface area (Å²) in [6, 6.07) is 6.52. The summed E-state index contributed by atoms with van der Waals surface area (Å²) in [7, 11) is 0. The zero-order valence-electron chi connectivity index (χ0n) is 12.9. The first-order chi connectivity index (χ1) is 11.1. The number of nitrogens with one attached hydrogen (secondary N) is 1. The summed E-state index contributed by atoms with van der Waals surface area (Å²) in [6.45, 7) is 3.03. The van der Waals surface area contributed by atoms with Crippen LogP contribution in [0.1, 0.15) is 28.9 Å². The predicted molar refractivity (Wildman–Crippen MR) is 83.4 cm³/mol. The second kappa shape index (κ2) is 6.60. The Hall–Kier alpha value is -2.70. The van der Waals surface area contributed by atoms with Gasteiger partial charge in [-0.2, -0.15) is 5.10 Å². The van der Waals surface area contributed by atoms with Crippen LogP contribution in [0.3, 0.4) is 0 Å². The molecule has 7 nitrogen and oxygen atoms in total. The van der Waals surface area contributed by atoms with Crippen molar-refractivity contribution >= 4 is 5.91 Å². The topological polar surface area (TPSA) is 88.2 Å². The van der Waals surface area contributed by atoms with E-state index in [0.29, 0.717) is 24.5 Å². The van der Waals surface area contributed by atoms with E-state index in [0.717, 1.165) is 18.5 Å². The monoisotopic (exact) mass is 314 g/mol. The van der Waals surface area contributed by atoms with Crippen molar-refractivity contribution in [1.82, 2.24) is 20.1 Å². The van der Waals surface area contributed by atoms with E-state index in [4.69, 9.17) is 4.74 Å². The Kier molecular flexibility index (Phi) is 4.36. The lowest BCUT2D eigenvalue weighted by Crippen LogP contribution is -2.44. The maximum absolute atomic E-state index is 12.5. The highest BCUT2D eigenvalue weighted by Gasteiger charge is 2.26. The van der Waals surface area contributed by atoms with Crippen molar-refractivity contribution in [2.45, 2.75) is 25.9 Å². The molecule has 0 saturated carbocycles. The molecular weight excluding hydrogens is 296 g/mol. The fourth-order valence-electron chi connectivity index (χ4n) is 2.57. The van der Waals surface area contributed by atoms with Gasteiger partial charge in [-0.3, -0.25) is 9.59 Å². The van der Waals surface area contributed by atoms with Crippen LogP contribution in [0.5, 0.6) is 5.88 Å². The van der Waals surface area contributed by atoms with Crippen LogP contribution < -0.4 is 10.3 Å². The van der Waals surface area contributed by atoms with E-state index in [-0.39, 0.29) is 17.6 Å². The van der Waals surface area contributed by atoms with E-state index in [1.165, 1.54) is 18.3 Å². The molecule has 1 N–H and O–H groups in total. The van der Waals surface area contributed by atoms with Crippen LogP contribution >= 0.6 is 0 Å². The van der Waals surface area contributed by atoms with Crippen molar-refractivity contribution in [3.05, 3.63) is 52.1 Å². The third kappa shape index (κ3) is 3.74. The summed E-state index contributed by atoms with van der Waals surface area (Å²) in [5, 5.41) is 7.96. The highest BCUT2D eigenvalue weighted by Crippen LogP contribution is 2.18. The van der Waals surface area contributed by atoms with E-state index >= 15 is 0 Å². The molecule has 1 amide bonds. The number of nitrogens with zero attached hydrogens (tertiary/aromatic N) is 3. The van der Waals surface area contributed by atoms with Crippen molar-refractivity contribution in [2.75, 3.05) is 13.1 Å². The average molecular weight is 314 g/mol. The maximum atomic E-state index is 12.5. The molecule has 1 unspecified atom stereocenters. The van der Waals surface area contributed by atoms with E-state index in [1.54, 1.807) is 11.0 Å². The summed E-state index contributed by atoms with van der Waals surface area (Å²) in [5.74, 6) is 0.364. The van der Waals surface area contributed by atoms with E-state index < -0.39 is 0 Å². The SMILES string of the molecule is Cc1ccc(OC2CCCN(C(=O)c3ccc(=O)[nH]c3)C2)nn1. The first kappa shape index (κ1) is 15.2. The van der Waals surface area contributed by atoms with Crippen molar-refractivity contribution < 1.29 is 9.53 Å². The first-order valence-corrected chi connectivity index (χ1v) is 7.57. The van der Waals surface area contributed by atoms with E-state index in [2.05, 4.69) is 15.2 Å². The highest BCUT2D eigenvalue weighted by atomic mass is 16.5. The Morgan fingerprint density at radius 3 is 2.87 bits per heavy atom. The Morgan fingerprint density at radius 2 is 2.17 bits per heavy atom. The second-order valence-electron chi connectivity index (χ2n) is 5.59. The van der Waals surface area contributed by atoms with Crippen LogP contribution in [0.25, 0.3) is 0 Å². The van der Waals surface area contributed by atoms with Gasteiger partial charge in [-0.25, -0.2) is 0 Å². The molecule has 120 valence electrons. The molecule has 0 aromatic carbocycles. The minimum absolute atomic E-state index is 0.104. The lowest BCUT2D eigenvalue weighted by atomic mass is 10.1. The molecule has 1 aliphatic heterocycles. The number of carbonyl (C=O) groups is 1. The Morgan fingerprint density at radius 1 is 1.30 bits per heavy atom. The van der Waals surface area contributed by atoms with E-state index in [1.807, 2.05) is 13.0 Å². The molecule has 1 atom stereocenters. The number of pyridine rings is 1. The minimum Gasteiger partial charge on any atom is -0.471 e. The molecule has 3 rings (SSSR count). The number of H-pyrrole nitrogens is 1. The number of carbonyl (C=O) groups excluding carboxylic acids is 1. The first-order valence-electron chi connectivity index (χ1n) is 7.57. The van der Waals surface area contributed by atoms with Gasteiger partial charge in [0.1, 0.15) is 6.10 Å². The lowest BCUT2D eigenvalue weighted by Gasteiger charge is -2.32. The lowest BCUT2D eigenvalue weighted by molar-refractivity contribution is 0.0525. The van der Waals surface area contributed by atoms with Crippen molar-refractivity contribution in [3.63, 3.8) is 0 Å². The van der Waals surface area contributed by atoms with E-state index in [9.17, 15) is 9.59 Å². The zero-order chi connectivity index (χ0) is 16.2. The minimum atomic E-state index is -0.223. The second-order valence-corrected chi connectivity index (χ2v) is 5.59. The molecule has 1 saturated heterocycles. The highest BCUT2D eigenvalue weighted by molar-refractivity contribution is 5.93. The summed E-state index contributed by atoms with van der Waals surface area (Å²) in [6.07, 6.45) is 3.07. The van der Waals surface area contributed by atoms with Crippen LogP contribution in [-0.4, -0.2) is 45.2 Å². The van der Waals surface area contributed by atoms with Gasteiger partial charge in [0.05, 0.1) is 17.8 Å². The normalized spacial score (nSPS) is 17.8. The Bertz CT molecular complexity index is 721. The van der Waals surface area contributed by atoms with Crippen LogP contribution in [0.4, 0.5) is 0 Å². The molecular formula is C16H18N4O3. The number of ether oxygens (including phenoxy) is 1. The maximum Gasteiger partial charge on any atom is 0.255 e. The number of hydrogen-bond donors (Lipinski definition) is 1. The van der Waals surface area contributed by atoms with Gasteiger partial charge in [-0.15, -0.1) is 5.10 Å². The third-order valence-corrected chi connectivity index (χ3v) is 3.76. The molecule has 1 aliphatic rings. The molecule has 0 spiro atoms. The van der Waals surface area contributed by atoms with Crippen LogP contribution in [0.15, 0.2) is 35.3 Å². The summed E-state index contributed by atoms with van der Waals surface area (Å²) < 4.78 is 5.82. The van der Waals surface area contributed by atoms with Crippen LogP contribution in [0.2, 0.25) is 0 Å². The number of piperidine rings is 1. The van der Waals surface area contributed by atoms with Crippen molar-refractivity contribution in [3.8, 4) is 5.88 Å². The van der Waals surface area contributed by atoms with Gasteiger partial charge in [0.15, 0.2) is 0 Å². The number of aromatic amines is 1. The predicted octanol–water partition coefficient (Wildman–Crippen LogP) is 1.16. The number of likely N-dealkylation sites (tertiary alicyclic amines) is 1. The average Bonchev–Trinajstić information content (AvgIpc) is 2.57. The molecule has 0 aliphatic carbocycles. The molecule has 2 aromatic rings. The standard InChI is InChI=1S/C16H18N4O3/c1-11-4-7-15(19-18-11)23-13-3-2-8-20(10-13)16(22)12-5-6-14(21)17-9-12/h4-7,9,13H,2-3,8,10H2,1H3,(H,17,21). The quantitative estimate of drug-likeness (QED) is 0.918. The number of aromatic nitrogens is 3. The van der Waals surface area contributed by atoms with Crippen molar-refractivity contribution in [2.24, 2.45) is 0 Å². The van der Waals surface area contributed by atoms with Gasteiger partial charge >= 0.3 is 0 Å². The van der Waals surface area contributed by atoms with Gasteiger partial charge < -0.3 is 14.6 Å². The third-order valence-electron chi connectivity index (χ3n) is 3.76. The summed E-state index contributed by atoms with van der Waals surface area (Å²) in [5.41, 5.74) is 1.08. The summed E-state index contributed by atoms with van der Waals surface area (Å²) in [4.78, 5) is 27.8. The number of rotatable bonds is 3. The van der Waals surface area contributed by atoms with Crippen LogP contribution in [-0.2, 0) is 0 Å². The largest absolute Gasteiger partial charge is 0.471 e. The van der Waals surface area contributed by atoms with Gasteiger partial charge in [0, 0.05) is 24.9 Å².